The number of carbonyl (C=O) groups excluding carboxylic acids is 1. The molecular weight excluding hydrogens is 316 g/mol. The minimum Gasteiger partial charge on any atom is -0.389 e. The quantitative estimate of drug-likeness (QED) is 0.648. The van der Waals surface area contributed by atoms with E-state index in [0.717, 1.165) is 5.56 Å². The summed E-state index contributed by atoms with van der Waals surface area (Å²) in [4.78, 5) is 16.9. The normalized spacial score (nSPS) is 13.6. The Kier molecular flexibility index (Phi) is 7.73. The highest BCUT2D eigenvalue weighted by atomic mass is 16.5. The summed E-state index contributed by atoms with van der Waals surface area (Å²) < 4.78 is 5.79. The fraction of sp³-hybridized carbons (Fsp3) is 0.400. The molecule has 1 aromatic heterocycles. The molecular formula is C20H26N2O3. The fourth-order valence-electron chi connectivity index (χ4n) is 2.41. The predicted octanol–water partition coefficient (Wildman–Crippen LogP) is 2.25. The molecule has 0 saturated carbocycles. The molecule has 1 heterocycles. The van der Waals surface area contributed by atoms with Gasteiger partial charge in [-0.25, -0.2) is 0 Å². The van der Waals surface area contributed by atoms with Crippen LogP contribution in [0.2, 0.25) is 0 Å². The molecule has 5 nitrogen and oxygen atoms in total. The van der Waals surface area contributed by atoms with E-state index in [0.29, 0.717) is 18.5 Å². The SMILES string of the molecule is CC(C)NCC(O)COC(Cc1cccnc1)C(=O)c1ccccc1. The summed E-state index contributed by atoms with van der Waals surface area (Å²) in [6.45, 7) is 4.55. The smallest absolute Gasteiger partial charge is 0.191 e. The number of ketones is 1. The second-order valence-electron chi connectivity index (χ2n) is 6.33. The second-order valence-corrected chi connectivity index (χ2v) is 6.33. The highest BCUT2D eigenvalue weighted by molar-refractivity contribution is 5.99. The van der Waals surface area contributed by atoms with E-state index in [2.05, 4.69) is 10.3 Å². The van der Waals surface area contributed by atoms with Crippen molar-refractivity contribution >= 4 is 5.78 Å². The molecule has 1 aromatic carbocycles. The van der Waals surface area contributed by atoms with E-state index in [1.165, 1.54) is 0 Å². The van der Waals surface area contributed by atoms with Crippen LogP contribution in [0.15, 0.2) is 54.9 Å². The Labute approximate surface area is 149 Å². The number of nitrogens with one attached hydrogen (secondary N) is 1. The molecule has 2 atom stereocenters. The third-order valence-corrected chi connectivity index (χ3v) is 3.75. The molecule has 0 bridgehead atoms. The molecule has 0 spiro atoms. The lowest BCUT2D eigenvalue weighted by atomic mass is 10.0. The first-order chi connectivity index (χ1) is 12.1. The maximum absolute atomic E-state index is 12.8. The Balaban J connectivity index is 2.02. The molecule has 2 aromatic rings. The van der Waals surface area contributed by atoms with Gasteiger partial charge in [0.2, 0.25) is 0 Å². The van der Waals surface area contributed by atoms with Crippen molar-refractivity contribution in [3.8, 4) is 0 Å². The molecule has 134 valence electrons. The molecule has 0 aliphatic heterocycles. The second kappa shape index (κ2) is 10.0. The lowest BCUT2D eigenvalue weighted by molar-refractivity contribution is -0.00218. The first-order valence-electron chi connectivity index (χ1n) is 8.57. The van der Waals surface area contributed by atoms with Crippen LogP contribution in [0, 0.1) is 0 Å². The van der Waals surface area contributed by atoms with E-state index in [9.17, 15) is 9.90 Å². The maximum atomic E-state index is 12.8. The number of benzene rings is 1. The summed E-state index contributed by atoms with van der Waals surface area (Å²) in [7, 11) is 0. The zero-order valence-corrected chi connectivity index (χ0v) is 14.8. The largest absolute Gasteiger partial charge is 0.389 e. The van der Waals surface area contributed by atoms with Gasteiger partial charge < -0.3 is 15.2 Å². The number of aromatic nitrogens is 1. The lowest BCUT2D eigenvalue weighted by Crippen LogP contribution is -2.37. The van der Waals surface area contributed by atoms with Crippen LogP contribution in [0.1, 0.15) is 29.8 Å². The Morgan fingerprint density at radius 2 is 1.96 bits per heavy atom. The number of Topliss-reactive ketones (excluding diaryl/α,β-unsaturated/α-hetero) is 1. The van der Waals surface area contributed by atoms with Crippen molar-refractivity contribution < 1.29 is 14.6 Å². The zero-order valence-electron chi connectivity index (χ0n) is 14.8. The Morgan fingerprint density at radius 3 is 2.60 bits per heavy atom. The summed E-state index contributed by atoms with van der Waals surface area (Å²) in [5.74, 6) is -0.0894. The zero-order chi connectivity index (χ0) is 18.1. The third kappa shape index (κ3) is 6.74. The molecule has 0 saturated heterocycles. The van der Waals surface area contributed by atoms with Gasteiger partial charge in [-0.05, 0) is 11.6 Å². The van der Waals surface area contributed by atoms with Gasteiger partial charge in [0.05, 0.1) is 12.7 Å². The average molecular weight is 342 g/mol. The number of carbonyl (C=O) groups is 1. The van der Waals surface area contributed by atoms with Gasteiger partial charge in [0.25, 0.3) is 0 Å². The van der Waals surface area contributed by atoms with E-state index >= 15 is 0 Å². The highest BCUT2D eigenvalue weighted by Crippen LogP contribution is 2.12. The number of rotatable bonds is 10. The van der Waals surface area contributed by atoms with E-state index < -0.39 is 12.2 Å². The van der Waals surface area contributed by atoms with Gasteiger partial charge in [0.1, 0.15) is 6.10 Å². The van der Waals surface area contributed by atoms with Crippen LogP contribution in [0.25, 0.3) is 0 Å². The van der Waals surface area contributed by atoms with E-state index in [4.69, 9.17) is 4.74 Å². The number of hydrogen-bond donors (Lipinski definition) is 2. The Morgan fingerprint density at radius 1 is 1.20 bits per heavy atom. The standard InChI is InChI=1S/C20H26N2O3/c1-15(2)22-13-18(23)14-25-19(11-16-7-6-10-21-12-16)20(24)17-8-4-3-5-9-17/h3-10,12,15,18-19,22-23H,11,13-14H2,1-2H3. The first-order valence-corrected chi connectivity index (χ1v) is 8.57. The molecule has 2 rings (SSSR count). The number of nitrogens with zero attached hydrogens (tertiary/aromatic N) is 1. The summed E-state index contributed by atoms with van der Waals surface area (Å²) >= 11 is 0. The molecule has 2 N–H and O–H groups in total. The summed E-state index contributed by atoms with van der Waals surface area (Å²) in [6.07, 6.45) is 2.53. The van der Waals surface area contributed by atoms with E-state index in [1.807, 2.05) is 44.2 Å². The van der Waals surface area contributed by atoms with Crippen LogP contribution in [-0.2, 0) is 11.2 Å². The molecule has 0 fully saturated rings. The van der Waals surface area contributed by atoms with Gasteiger partial charge in [-0.3, -0.25) is 9.78 Å². The minimum atomic E-state index is -0.664. The molecule has 2 unspecified atom stereocenters. The van der Waals surface area contributed by atoms with Gasteiger partial charge in [0, 0.05) is 37.0 Å². The number of pyridine rings is 1. The fourth-order valence-corrected chi connectivity index (χ4v) is 2.41. The van der Waals surface area contributed by atoms with Gasteiger partial charge in [-0.1, -0.05) is 50.2 Å². The van der Waals surface area contributed by atoms with Crippen molar-refractivity contribution in [1.29, 1.82) is 0 Å². The third-order valence-electron chi connectivity index (χ3n) is 3.75. The van der Waals surface area contributed by atoms with Gasteiger partial charge in [-0.15, -0.1) is 0 Å². The van der Waals surface area contributed by atoms with Crippen LogP contribution >= 0.6 is 0 Å². The first kappa shape index (κ1) is 19.2. The number of aliphatic hydroxyl groups is 1. The predicted molar refractivity (Wildman–Crippen MR) is 97.6 cm³/mol. The van der Waals surface area contributed by atoms with Crippen molar-refractivity contribution in [3.05, 3.63) is 66.0 Å². The van der Waals surface area contributed by atoms with Crippen LogP contribution in [0.5, 0.6) is 0 Å². The van der Waals surface area contributed by atoms with Crippen LogP contribution < -0.4 is 5.32 Å². The molecule has 0 radical (unpaired) electrons. The van der Waals surface area contributed by atoms with Gasteiger partial charge in [0.15, 0.2) is 5.78 Å². The number of aliphatic hydroxyl groups excluding tert-OH is 1. The van der Waals surface area contributed by atoms with E-state index in [-0.39, 0.29) is 18.4 Å². The molecule has 0 aliphatic rings. The average Bonchev–Trinajstić information content (AvgIpc) is 2.64. The molecule has 0 amide bonds. The molecule has 25 heavy (non-hydrogen) atoms. The van der Waals surface area contributed by atoms with Crippen LogP contribution in [0.4, 0.5) is 0 Å². The van der Waals surface area contributed by atoms with Crippen LogP contribution in [-0.4, -0.2) is 47.3 Å². The summed E-state index contributed by atoms with van der Waals surface area (Å²) in [5, 5.41) is 13.2. The molecule has 0 aliphatic carbocycles. The van der Waals surface area contributed by atoms with Crippen LogP contribution in [0.3, 0.4) is 0 Å². The molecule has 5 heteroatoms. The van der Waals surface area contributed by atoms with Gasteiger partial charge >= 0.3 is 0 Å². The van der Waals surface area contributed by atoms with Gasteiger partial charge in [-0.2, -0.15) is 0 Å². The summed E-state index contributed by atoms with van der Waals surface area (Å²) in [6, 6.07) is 13.1. The van der Waals surface area contributed by atoms with Crippen molar-refractivity contribution in [2.45, 2.75) is 38.5 Å². The summed E-state index contributed by atoms with van der Waals surface area (Å²) in [5.41, 5.74) is 1.53. The Hall–Kier alpha value is -2.08. The van der Waals surface area contributed by atoms with Crippen molar-refractivity contribution in [2.24, 2.45) is 0 Å². The lowest BCUT2D eigenvalue weighted by Gasteiger charge is -2.20. The number of hydrogen-bond acceptors (Lipinski definition) is 5. The Bertz CT molecular complexity index is 632. The topological polar surface area (TPSA) is 71.4 Å². The van der Waals surface area contributed by atoms with Crippen molar-refractivity contribution in [1.82, 2.24) is 10.3 Å². The monoisotopic (exact) mass is 342 g/mol. The number of ether oxygens (including phenoxy) is 1. The van der Waals surface area contributed by atoms with Crippen molar-refractivity contribution in [2.75, 3.05) is 13.2 Å². The van der Waals surface area contributed by atoms with E-state index in [1.54, 1.807) is 24.5 Å². The maximum Gasteiger partial charge on any atom is 0.191 e. The highest BCUT2D eigenvalue weighted by Gasteiger charge is 2.22. The minimum absolute atomic E-state index is 0.0894. The van der Waals surface area contributed by atoms with Crippen molar-refractivity contribution in [3.63, 3.8) is 0 Å².